The van der Waals surface area contributed by atoms with Gasteiger partial charge in [-0.25, -0.2) is 4.79 Å². The second-order valence-corrected chi connectivity index (χ2v) is 5.84. The van der Waals surface area contributed by atoms with Crippen LogP contribution in [-0.2, 0) is 4.79 Å². The summed E-state index contributed by atoms with van der Waals surface area (Å²) in [5, 5.41) is 8.83. The van der Waals surface area contributed by atoms with E-state index in [1.165, 1.54) is 0 Å². The van der Waals surface area contributed by atoms with Crippen molar-refractivity contribution in [2.45, 2.75) is 39.4 Å². The Morgan fingerprint density at radius 2 is 1.59 bits per heavy atom. The number of carboxylic acids is 1. The van der Waals surface area contributed by atoms with Crippen molar-refractivity contribution in [2.24, 2.45) is 11.3 Å². The first-order valence-corrected chi connectivity index (χ1v) is 5.46. The van der Waals surface area contributed by atoms with Crippen LogP contribution in [-0.4, -0.2) is 40.8 Å². The third-order valence-electron chi connectivity index (χ3n) is 3.71. The molecule has 1 aliphatic heterocycles. The van der Waals surface area contributed by atoms with Gasteiger partial charge in [0.1, 0.15) is 0 Å². The van der Waals surface area contributed by atoms with Crippen molar-refractivity contribution in [3.63, 3.8) is 0 Å². The van der Waals surface area contributed by atoms with E-state index in [1.54, 1.807) is 0 Å². The summed E-state index contributed by atoms with van der Waals surface area (Å²) in [5.41, 5.74) is -2.86. The molecule has 3 nitrogen and oxygen atoms in total. The fourth-order valence-corrected chi connectivity index (χ4v) is 1.83. The molecule has 0 radical (unpaired) electrons. The molecule has 0 aliphatic carbocycles. The maximum absolute atomic E-state index is 12.8. The Labute approximate surface area is 98.6 Å². The highest BCUT2D eigenvalue weighted by molar-refractivity contribution is 5.79. The molecule has 1 saturated heterocycles. The molecule has 0 aromatic carbocycles. The molecule has 1 atom stereocenters. The van der Waals surface area contributed by atoms with Crippen LogP contribution in [0, 0.1) is 11.3 Å². The van der Waals surface area contributed by atoms with Gasteiger partial charge in [-0.1, -0.05) is 20.8 Å². The summed E-state index contributed by atoms with van der Waals surface area (Å²) >= 11 is 0. The third kappa shape index (κ3) is 2.27. The highest BCUT2D eigenvalue weighted by Gasteiger charge is 2.63. The minimum atomic E-state index is -4.76. The van der Waals surface area contributed by atoms with E-state index >= 15 is 0 Å². The predicted octanol–water partition coefficient (Wildman–Crippen LogP) is 2.37. The van der Waals surface area contributed by atoms with Crippen molar-refractivity contribution in [1.29, 1.82) is 0 Å². The van der Waals surface area contributed by atoms with Gasteiger partial charge in [-0.2, -0.15) is 13.2 Å². The Morgan fingerprint density at radius 3 is 1.82 bits per heavy atom. The van der Waals surface area contributed by atoms with Crippen LogP contribution in [0.1, 0.15) is 27.7 Å². The Morgan fingerprint density at radius 1 is 1.18 bits per heavy atom. The molecule has 1 fully saturated rings. The van der Waals surface area contributed by atoms with E-state index in [9.17, 15) is 18.0 Å². The molecular formula is C11H18F3NO2. The van der Waals surface area contributed by atoms with Crippen LogP contribution < -0.4 is 0 Å². The first-order chi connectivity index (χ1) is 7.40. The molecule has 0 saturated carbocycles. The number of hydrogen-bond acceptors (Lipinski definition) is 2. The van der Waals surface area contributed by atoms with Crippen molar-refractivity contribution in [3.05, 3.63) is 0 Å². The smallest absolute Gasteiger partial charge is 0.417 e. The van der Waals surface area contributed by atoms with Gasteiger partial charge in [-0.05, 0) is 18.3 Å². The Kier molecular flexibility index (Phi) is 3.25. The highest BCUT2D eigenvalue weighted by atomic mass is 19.4. The monoisotopic (exact) mass is 253 g/mol. The summed E-state index contributed by atoms with van der Waals surface area (Å²) in [7, 11) is 0. The molecule has 0 aromatic heterocycles. The van der Waals surface area contributed by atoms with Crippen LogP contribution in [0.5, 0.6) is 0 Å². The molecule has 100 valence electrons. The van der Waals surface area contributed by atoms with Crippen molar-refractivity contribution in [2.75, 3.05) is 13.1 Å². The zero-order valence-electron chi connectivity index (χ0n) is 10.4. The van der Waals surface area contributed by atoms with Gasteiger partial charge in [0.25, 0.3) is 0 Å². The van der Waals surface area contributed by atoms with Gasteiger partial charge in [-0.3, -0.25) is 4.90 Å². The van der Waals surface area contributed by atoms with Crippen molar-refractivity contribution in [3.8, 4) is 0 Å². The number of alkyl halides is 3. The summed E-state index contributed by atoms with van der Waals surface area (Å²) in [5.74, 6) is -1.74. The quantitative estimate of drug-likeness (QED) is 0.821. The predicted molar refractivity (Wildman–Crippen MR) is 56.6 cm³/mol. The lowest BCUT2D eigenvalue weighted by Gasteiger charge is -2.52. The Hall–Kier alpha value is -0.780. The minimum absolute atomic E-state index is 0.0957. The molecule has 6 heteroatoms. The standard InChI is InChI=1S/C11H18F3NO2/c1-9(2,3)7-5-15(6-7)10(4,8(16)17)11(12,13)14/h7H,5-6H2,1-4H3,(H,16,17). The van der Waals surface area contributed by atoms with Crippen LogP contribution in [0.15, 0.2) is 0 Å². The van der Waals surface area contributed by atoms with Crippen LogP contribution in [0.2, 0.25) is 0 Å². The number of hydrogen-bond donors (Lipinski definition) is 1. The summed E-state index contributed by atoms with van der Waals surface area (Å²) in [6.45, 7) is 6.91. The van der Waals surface area contributed by atoms with E-state index in [1.807, 2.05) is 20.8 Å². The average Bonchev–Trinajstić information content (AvgIpc) is 1.94. The molecular weight excluding hydrogens is 235 g/mol. The molecule has 1 heterocycles. The fraction of sp³-hybridized carbons (Fsp3) is 0.909. The van der Waals surface area contributed by atoms with Crippen molar-refractivity contribution >= 4 is 5.97 Å². The van der Waals surface area contributed by atoms with E-state index in [-0.39, 0.29) is 24.4 Å². The first-order valence-electron chi connectivity index (χ1n) is 5.46. The second-order valence-electron chi connectivity index (χ2n) is 5.84. The van der Waals surface area contributed by atoms with E-state index in [2.05, 4.69) is 0 Å². The molecule has 1 N–H and O–H groups in total. The summed E-state index contributed by atoms with van der Waals surface area (Å²) in [6, 6.07) is 0. The number of halogens is 3. The SMILES string of the molecule is CC(C)(C)C1CN(C(C)(C(=O)O)C(F)(F)F)C1. The molecule has 0 bridgehead atoms. The lowest BCUT2D eigenvalue weighted by molar-refractivity contribution is -0.250. The third-order valence-corrected chi connectivity index (χ3v) is 3.71. The molecule has 0 aromatic rings. The molecule has 1 rings (SSSR count). The van der Waals surface area contributed by atoms with E-state index in [4.69, 9.17) is 5.11 Å². The summed E-state index contributed by atoms with van der Waals surface area (Å²) in [6.07, 6.45) is -4.76. The van der Waals surface area contributed by atoms with Gasteiger partial charge in [0.05, 0.1) is 0 Å². The maximum atomic E-state index is 12.8. The van der Waals surface area contributed by atoms with Gasteiger partial charge in [0.15, 0.2) is 0 Å². The Balaban J connectivity index is 2.83. The number of likely N-dealkylation sites (tertiary alicyclic amines) is 1. The van der Waals surface area contributed by atoms with E-state index in [0.717, 1.165) is 11.8 Å². The number of aliphatic carboxylic acids is 1. The van der Waals surface area contributed by atoms with E-state index < -0.39 is 17.7 Å². The topological polar surface area (TPSA) is 40.5 Å². The number of carboxylic acid groups (broad SMARTS) is 1. The van der Waals surface area contributed by atoms with Gasteiger partial charge in [0, 0.05) is 13.1 Å². The first kappa shape index (κ1) is 14.3. The zero-order valence-corrected chi connectivity index (χ0v) is 10.4. The normalized spacial score (nSPS) is 23.0. The second kappa shape index (κ2) is 3.86. The zero-order chi connectivity index (χ0) is 13.6. The number of rotatable bonds is 2. The summed E-state index contributed by atoms with van der Waals surface area (Å²) < 4.78 is 38.5. The molecule has 1 unspecified atom stereocenters. The van der Waals surface area contributed by atoms with Crippen molar-refractivity contribution < 1.29 is 23.1 Å². The maximum Gasteiger partial charge on any atom is 0.417 e. The fourth-order valence-electron chi connectivity index (χ4n) is 1.83. The van der Waals surface area contributed by atoms with Gasteiger partial charge < -0.3 is 5.11 Å². The van der Waals surface area contributed by atoms with Crippen LogP contribution in [0.25, 0.3) is 0 Å². The Bertz CT molecular complexity index is 316. The largest absolute Gasteiger partial charge is 0.480 e. The number of nitrogens with zero attached hydrogens (tertiary/aromatic N) is 1. The van der Waals surface area contributed by atoms with E-state index in [0.29, 0.717) is 0 Å². The minimum Gasteiger partial charge on any atom is -0.480 e. The van der Waals surface area contributed by atoms with Gasteiger partial charge >= 0.3 is 12.1 Å². The lowest BCUT2D eigenvalue weighted by atomic mass is 9.74. The highest BCUT2D eigenvalue weighted by Crippen LogP contribution is 2.43. The molecule has 0 amide bonds. The van der Waals surface area contributed by atoms with Gasteiger partial charge in [-0.15, -0.1) is 0 Å². The molecule has 0 spiro atoms. The average molecular weight is 253 g/mol. The molecule has 17 heavy (non-hydrogen) atoms. The van der Waals surface area contributed by atoms with Crippen LogP contribution in [0.4, 0.5) is 13.2 Å². The van der Waals surface area contributed by atoms with Crippen molar-refractivity contribution in [1.82, 2.24) is 4.90 Å². The van der Waals surface area contributed by atoms with Crippen LogP contribution in [0.3, 0.4) is 0 Å². The molecule has 1 aliphatic rings. The van der Waals surface area contributed by atoms with Gasteiger partial charge in [0.2, 0.25) is 5.54 Å². The number of carbonyl (C=O) groups is 1. The van der Waals surface area contributed by atoms with Crippen LogP contribution >= 0.6 is 0 Å². The lowest BCUT2D eigenvalue weighted by Crippen LogP contribution is -2.69. The summed E-state index contributed by atoms with van der Waals surface area (Å²) in [4.78, 5) is 11.9.